The maximum atomic E-state index is 10.5. The van der Waals surface area contributed by atoms with Gasteiger partial charge in [-0.05, 0) is 12.1 Å². The molecule has 0 aliphatic carbocycles. The predicted octanol–water partition coefficient (Wildman–Crippen LogP) is 1.44. The van der Waals surface area contributed by atoms with E-state index in [0.29, 0.717) is 6.42 Å². The van der Waals surface area contributed by atoms with Crippen LogP contribution in [-0.4, -0.2) is 25.4 Å². The summed E-state index contributed by atoms with van der Waals surface area (Å²) in [6.45, 7) is 0. The Morgan fingerprint density at radius 1 is 1.47 bits per heavy atom. The van der Waals surface area contributed by atoms with Crippen LogP contribution in [0.4, 0.5) is 0 Å². The number of nitrogens with zero attached hydrogens (tertiary/aromatic N) is 3. The fourth-order valence-corrected chi connectivity index (χ4v) is 1.81. The third-order valence-corrected chi connectivity index (χ3v) is 2.65. The Morgan fingerprint density at radius 3 is 2.82 bits per heavy atom. The van der Waals surface area contributed by atoms with Crippen molar-refractivity contribution in [2.24, 2.45) is 14.1 Å². The molecular formula is C12H15N3O2. The lowest BCUT2D eigenvalue weighted by Crippen LogP contribution is -1.99. The minimum absolute atomic E-state index is 0.116. The maximum absolute atomic E-state index is 10.5. The molecule has 0 aliphatic rings. The molecule has 0 amide bonds. The van der Waals surface area contributed by atoms with Crippen LogP contribution in [-0.2, 0) is 25.3 Å². The molecule has 2 rings (SSSR count). The highest BCUT2D eigenvalue weighted by Crippen LogP contribution is 2.20. The first-order chi connectivity index (χ1) is 8.06. The average Bonchev–Trinajstić information content (AvgIpc) is 2.82. The van der Waals surface area contributed by atoms with E-state index in [0.717, 1.165) is 17.0 Å². The molecule has 0 radical (unpaired) electrons. The molecule has 0 spiro atoms. The zero-order chi connectivity index (χ0) is 12.4. The molecule has 0 aliphatic heterocycles. The van der Waals surface area contributed by atoms with Crippen LogP contribution in [0.25, 0.3) is 11.3 Å². The monoisotopic (exact) mass is 233 g/mol. The molecule has 2 aromatic heterocycles. The number of hydrogen-bond acceptors (Lipinski definition) is 2. The van der Waals surface area contributed by atoms with Gasteiger partial charge in [0.1, 0.15) is 0 Å². The molecule has 0 fully saturated rings. The molecule has 2 heterocycles. The van der Waals surface area contributed by atoms with Gasteiger partial charge < -0.3 is 9.67 Å². The second kappa shape index (κ2) is 4.45. The van der Waals surface area contributed by atoms with Gasteiger partial charge in [0.15, 0.2) is 0 Å². The Bertz CT molecular complexity index is 540. The van der Waals surface area contributed by atoms with E-state index in [2.05, 4.69) is 5.10 Å². The zero-order valence-electron chi connectivity index (χ0n) is 9.92. The number of rotatable bonds is 4. The molecule has 5 nitrogen and oxygen atoms in total. The highest BCUT2D eigenvalue weighted by molar-refractivity contribution is 5.67. The average molecular weight is 233 g/mol. The standard InChI is InChI=1S/C12H15N3O2/c1-14-6-5-9(8-14)11-7-10(13-15(11)2)3-4-12(16)17/h5-8H,3-4H2,1-2H3,(H,16,17). The summed E-state index contributed by atoms with van der Waals surface area (Å²) in [6.07, 6.45) is 4.57. The molecule has 2 aromatic rings. The quantitative estimate of drug-likeness (QED) is 0.869. The number of carboxylic acids is 1. The van der Waals surface area contributed by atoms with E-state index < -0.39 is 5.97 Å². The minimum atomic E-state index is -0.795. The third kappa shape index (κ3) is 2.55. The Morgan fingerprint density at radius 2 is 2.24 bits per heavy atom. The highest BCUT2D eigenvalue weighted by Gasteiger charge is 2.09. The molecule has 0 saturated carbocycles. The van der Waals surface area contributed by atoms with Crippen LogP contribution in [0.3, 0.4) is 0 Å². The Labute approximate surface area is 99.3 Å². The van der Waals surface area contributed by atoms with Crippen molar-refractivity contribution in [1.29, 1.82) is 0 Å². The van der Waals surface area contributed by atoms with Gasteiger partial charge in [-0.1, -0.05) is 0 Å². The van der Waals surface area contributed by atoms with Gasteiger partial charge in [0.05, 0.1) is 17.8 Å². The number of carbonyl (C=O) groups is 1. The van der Waals surface area contributed by atoms with E-state index in [4.69, 9.17) is 5.11 Å². The first kappa shape index (κ1) is 11.4. The first-order valence-corrected chi connectivity index (χ1v) is 5.43. The van der Waals surface area contributed by atoms with Crippen molar-refractivity contribution >= 4 is 5.97 Å². The topological polar surface area (TPSA) is 60.1 Å². The van der Waals surface area contributed by atoms with Crippen molar-refractivity contribution in [3.63, 3.8) is 0 Å². The Hall–Kier alpha value is -2.04. The van der Waals surface area contributed by atoms with Crippen LogP contribution >= 0.6 is 0 Å². The maximum Gasteiger partial charge on any atom is 0.303 e. The van der Waals surface area contributed by atoms with Crippen LogP contribution in [0, 0.1) is 0 Å². The summed E-state index contributed by atoms with van der Waals surface area (Å²) in [5.41, 5.74) is 2.91. The normalized spacial score (nSPS) is 10.7. The molecule has 5 heteroatoms. The molecule has 0 atom stereocenters. The smallest absolute Gasteiger partial charge is 0.303 e. The van der Waals surface area contributed by atoms with E-state index in [1.54, 1.807) is 4.68 Å². The van der Waals surface area contributed by atoms with Crippen molar-refractivity contribution in [1.82, 2.24) is 14.3 Å². The second-order valence-corrected chi connectivity index (χ2v) is 4.10. The lowest BCUT2D eigenvalue weighted by molar-refractivity contribution is -0.136. The number of hydrogen-bond donors (Lipinski definition) is 1. The highest BCUT2D eigenvalue weighted by atomic mass is 16.4. The van der Waals surface area contributed by atoms with Gasteiger partial charge in [-0.25, -0.2) is 0 Å². The molecule has 1 N–H and O–H groups in total. The summed E-state index contributed by atoms with van der Waals surface area (Å²) in [5, 5.41) is 12.9. The fraction of sp³-hybridized carbons (Fsp3) is 0.333. The van der Waals surface area contributed by atoms with Crippen LogP contribution in [0.2, 0.25) is 0 Å². The van der Waals surface area contributed by atoms with Crippen molar-refractivity contribution in [2.45, 2.75) is 12.8 Å². The minimum Gasteiger partial charge on any atom is -0.481 e. The summed E-state index contributed by atoms with van der Waals surface area (Å²) in [5.74, 6) is -0.795. The lowest BCUT2D eigenvalue weighted by Gasteiger charge is -1.96. The summed E-state index contributed by atoms with van der Waals surface area (Å²) in [7, 11) is 3.83. The fourth-order valence-electron chi connectivity index (χ4n) is 1.81. The van der Waals surface area contributed by atoms with Crippen molar-refractivity contribution in [3.05, 3.63) is 30.2 Å². The summed E-state index contributed by atoms with van der Waals surface area (Å²) < 4.78 is 3.76. The first-order valence-electron chi connectivity index (χ1n) is 5.43. The van der Waals surface area contributed by atoms with Gasteiger partial charge in [0.2, 0.25) is 0 Å². The van der Waals surface area contributed by atoms with Crippen LogP contribution in [0.1, 0.15) is 12.1 Å². The van der Waals surface area contributed by atoms with Crippen LogP contribution < -0.4 is 0 Å². The number of aromatic nitrogens is 3. The van der Waals surface area contributed by atoms with Gasteiger partial charge in [-0.15, -0.1) is 0 Å². The van der Waals surface area contributed by atoms with Crippen molar-refractivity contribution < 1.29 is 9.90 Å². The van der Waals surface area contributed by atoms with Gasteiger partial charge in [0.25, 0.3) is 0 Å². The predicted molar refractivity (Wildman–Crippen MR) is 63.6 cm³/mol. The third-order valence-electron chi connectivity index (χ3n) is 2.65. The van der Waals surface area contributed by atoms with E-state index in [9.17, 15) is 4.79 Å². The van der Waals surface area contributed by atoms with Crippen molar-refractivity contribution in [2.75, 3.05) is 0 Å². The molecule has 0 unspecified atom stereocenters. The largest absolute Gasteiger partial charge is 0.481 e. The molecule has 0 bridgehead atoms. The molecular weight excluding hydrogens is 218 g/mol. The second-order valence-electron chi connectivity index (χ2n) is 4.10. The summed E-state index contributed by atoms with van der Waals surface area (Å²) in [6, 6.07) is 3.95. The SMILES string of the molecule is Cn1ccc(-c2cc(CCC(=O)O)nn2C)c1. The zero-order valence-corrected chi connectivity index (χ0v) is 9.92. The number of carboxylic acid groups (broad SMARTS) is 1. The van der Waals surface area contributed by atoms with Gasteiger partial charge >= 0.3 is 5.97 Å². The van der Waals surface area contributed by atoms with E-state index >= 15 is 0 Å². The lowest BCUT2D eigenvalue weighted by atomic mass is 10.2. The Kier molecular flexibility index (Phi) is 2.99. The summed E-state index contributed by atoms with van der Waals surface area (Å²) >= 11 is 0. The number of aliphatic carboxylic acids is 1. The van der Waals surface area contributed by atoms with E-state index in [1.807, 2.05) is 43.2 Å². The van der Waals surface area contributed by atoms with Gasteiger partial charge in [0, 0.05) is 38.5 Å². The molecule has 0 saturated heterocycles. The number of aryl methyl sites for hydroxylation is 3. The van der Waals surface area contributed by atoms with Crippen LogP contribution in [0.5, 0.6) is 0 Å². The van der Waals surface area contributed by atoms with Crippen molar-refractivity contribution in [3.8, 4) is 11.3 Å². The van der Waals surface area contributed by atoms with Gasteiger partial charge in [-0.2, -0.15) is 5.10 Å². The molecule has 90 valence electrons. The van der Waals surface area contributed by atoms with Gasteiger partial charge in [-0.3, -0.25) is 9.48 Å². The van der Waals surface area contributed by atoms with E-state index in [-0.39, 0.29) is 6.42 Å². The molecule has 17 heavy (non-hydrogen) atoms. The summed E-state index contributed by atoms with van der Waals surface area (Å²) in [4.78, 5) is 10.5. The Balaban J connectivity index is 2.21. The van der Waals surface area contributed by atoms with Crippen LogP contribution in [0.15, 0.2) is 24.5 Å². The molecule has 0 aromatic carbocycles. The van der Waals surface area contributed by atoms with E-state index in [1.165, 1.54) is 0 Å².